The summed E-state index contributed by atoms with van der Waals surface area (Å²) >= 11 is 0. The minimum absolute atomic E-state index is 0.0363. The van der Waals surface area contributed by atoms with E-state index < -0.39 is 5.54 Å². The van der Waals surface area contributed by atoms with Gasteiger partial charge in [-0.15, -0.1) is 0 Å². The Morgan fingerprint density at radius 3 is 2.47 bits per heavy atom. The molecule has 17 heavy (non-hydrogen) atoms. The molecule has 0 aliphatic rings. The van der Waals surface area contributed by atoms with E-state index in [1.54, 1.807) is 7.11 Å². The number of ether oxygens (including phenoxy) is 2. The first kappa shape index (κ1) is 16.4. The normalized spacial score (nSPS) is 18.1. The lowest BCUT2D eigenvalue weighted by atomic mass is 9.96. The Hall–Kier alpha value is -0.630. The van der Waals surface area contributed by atoms with Crippen molar-refractivity contribution in [3.8, 4) is 6.07 Å². The van der Waals surface area contributed by atoms with Gasteiger partial charge in [0.15, 0.2) is 0 Å². The Morgan fingerprint density at radius 1 is 1.35 bits per heavy atom. The van der Waals surface area contributed by atoms with Gasteiger partial charge >= 0.3 is 0 Å². The lowest BCUT2D eigenvalue weighted by molar-refractivity contribution is -0.0396. The van der Waals surface area contributed by atoms with Crippen molar-refractivity contribution in [3.63, 3.8) is 0 Å². The van der Waals surface area contributed by atoms with E-state index in [0.717, 1.165) is 13.0 Å². The number of rotatable bonds is 9. The van der Waals surface area contributed by atoms with Gasteiger partial charge in [0.2, 0.25) is 0 Å². The van der Waals surface area contributed by atoms with Gasteiger partial charge in [0.25, 0.3) is 0 Å². The molecule has 3 unspecified atom stereocenters. The first-order chi connectivity index (χ1) is 7.97. The van der Waals surface area contributed by atoms with Crippen LogP contribution in [0.15, 0.2) is 0 Å². The number of hydrogen-bond donors (Lipinski definition) is 1. The fourth-order valence-corrected chi connectivity index (χ4v) is 1.85. The minimum Gasteiger partial charge on any atom is -0.382 e. The van der Waals surface area contributed by atoms with Crippen molar-refractivity contribution in [1.29, 1.82) is 5.26 Å². The van der Waals surface area contributed by atoms with Crippen LogP contribution in [0.1, 0.15) is 40.5 Å². The highest BCUT2D eigenvalue weighted by molar-refractivity contribution is 5.04. The molecule has 0 aliphatic heterocycles. The maximum absolute atomic E-state index is 9.21. The van der Waals surface area contributed by atoms with Crippen molar-refractivity contribution in [2.24, 2.45) is 0 Å². The van der Waals surface area contributed by atoms with E-state index in [4.69, 9.17) is 9.47 Å². The van der Waals surface area contributed by atoms with Crippen molar-refractivity contribution in [2.45, 2.75) is 58.3 Å². The van der Waals surface area contributed by atoms with Crippen molar-refractivity contribution >= 4 is 0 Å². The van der Waals surface area contributed by atoms with Crippen LogP contribution in [0.5, 0.6) is 0 Å². The van der Waals surface area contributed by atoms with Crippen LogP contribution in [0.4, 0.5) is 0 Å². The molecule has 0 spiro atoms. The van der Waals surface area contributed by atoms with E-state index in [0.29, 0.717) is 13.0 Å². The van der Waals surface area contributed by atoms with Crippen molar-refractivity contribution in [2.75, 3.05) is 20.3 Å². The average Bonchev–Trinajstić information content (AvgIpc) is 2.26. The van der Waals surface area contributed by atoms with Gasteiger partial charge in [-0.2, -0.15) is 5.26 Å². The predicted octanol–water partition coefficient (Wildman–Crippen LogP) is 2.10. The molecule has 0 saturated heterocycles. The van der Waals surface area contributed by atoms with Crippen LogP contribution in [0.3, 0.4) is 0 Å². The Kier molecular flexibility index (Phi) is 8.15. The van der Waals surface area contributed by atoms with Gasteiger partial charge in [0.1, 0.15) is 5.54 Å². The van der Waals surface area contributed by atoms with Crippen molar-refractivity contribution in [3.05, 3.63) is 0 Å². The largest absolute Gasteiger partial charge is 0.382 e. The molecule has 1 N–H and O–H groups in total. The van der Waals surface area contributed by atoms with Gasteiger partial charge in [-0.1, -0.05) is 6.92 Å². The molecule has 0 aliphatic carbocycles. The summed E-state index contributed by atoms with van der Waals surface area (Å²) in [5, 5.41) is 12.5. The zero-order chi connectivity index (χ0) is 13.3. The van der Waals surface area contributed by atoms with E-state index in [-0.39, 0.29) is 12.2 Å². The molecule has 0 aromatic carbocycles. The molecule has 0 radical (unpaired) electrons. The van der Waals surface area contributed by atoms with E-state index >= 15 is 0 Å². The highest BCUT2D eigenvalue weighted by atomic mass is 16.5. The lowest BCUT2D eigenvalue weighted by Crippen LogP contribution is -2.44. The van der Waals surface area contributed by atoms with E-state index in [1.807, 2.05) is 20.8 Å². The summed E-state index contributed by atoms with van der Waals surface area (Å²) in [6, 6.07) is 2.33. The van der Waals surface area contributed by atoms with Gasteiger partial charge in [-0.25, -0.2) is 0 Å². The van der Waals surface area contributed by atoms with Crippen LogP contribution in [0, 0.1) is 11.3 Å². The molecule has 3 atom stereocenters. The zero-order valence-corrected chi connectivity index (χ0v) is 11.7. The number of methoxy groups -OCH3 is 1. The first-order valence-electron chi connectivity index (χ1n) is 6.28. The fourth-order valence-electron chi connectivity index (χ4n) is 1.85. The molecule has 4 heteroatoms. The van der Waals surface area contributed by atoms with Gasteiger partial charge < -0.3 is 9.47 Å². The quantitative estimate of drug-likeness (QED) is 0.672. The molecule has 0 aromatic heterocycles. The van der Waals surface area contributed by atoms with Crippen molar-refractivity contribution < 1.29 is 9.47 Å². The summed E-state index contributed by atoms with van der Waals surface area (Å²) < 4.78 is 10.8. The molecule has 0 heterocycles. The molecular weight excluding hydrogens is 216 g/mol. The second-order valence-corrected chi connectivity index (χ2v) is 4.79. The third kappa shape index (κ3) is 7.32. The van der Waals surface area contributed by atoms with Crippen LogP contribution in [-0.2, 0) is 9.47 Å². The Labute approximate surface area is 105 Å². The molecule has 0 bridgehead atoms. The van der Waals surface area contributed by atoms with Crippen LogP contribution in [-0.4, -0.2) is 38.0 Å². The fraction of sp³-hybridized carbons (Fsp3) is 0.923. The summed E-state index contributed by atoms with van der Waals surface area (Å²) in [6.07, 6.45) is 1.79. The number of hydrogen-bond acceptors (Lipinski definition) is 4. The zero-order valence-electron chi connectivity index (χ0n) is 11.7. The van der Waals surface area contributed by atoms with Gasteiger partial charge in [0.05, 0.1) is 24.9 Å². The summed E-state index contributed by atoms with van der Waals surface area (Å²) in [4.78, 5) is 0. The van der Waals surface area contributed by atoms with Crippen LogP contribution < -0.4 is 5.32 Å². The minimum atomic E-state index is -0.512. The summed E-state index contributed by atoms with van der Waals surface area (Å²) in [6.45, 7) is 9.41. The molecule has 0 amide bonds. The predicted molar refractivity (Wildman–Crippen MR) is 68.8 cm³/mol. The average molecular weight is 242 g/mol. The molecule has 0 rings (SSSR count). The maximum atomic E-state index is 9.21. The van der Waals surface area contributed by atoms with Crippen LogP contribution in [0.25, 0.3) is 0 Å². The Bertz CT molecular complexity index is 240. The first-order valence-corrected chi connectivity index (χ1v) is 6.28. The Balaban J connectivity index is 4.14. The topological polar surface area (TPSA) is 54.3 Å². The standard InChI is InChI=1S/C13H26N2O2/c1-6-7-15-13(4,10-14)8-11(2)17-12(3)9-16-5/h11-12,15H,6-9H2,1-5H3. The van der Waals surface area contributed by atoms with Crippen LogP contribution >= 0.6 is 0 Å². The second-order valence-electron chi connectivity index (χ2n) is 4.79. The molecule has 0 fully saturated rings. The summed E-state index contributed by atoms with van der Waals surface area (Å²) in [7, 11) is 1.66. The van der Waals surface area contributed by atoms with E-state index in [1.165, 1.54) is 0 Å². The number of nitriles is 1. The smallest absolute Gasteiger partial charge is 0.106 e. The van der Waals surface area contributed by atoms with Gasteiger partial charge in [-0.05, 0) is 33.7 Å². The molecule has 0 saturated carbocycles. The molecule has 100 valence electrons. The van der Waals surface area contributed by atoms with Gasteiger partial charge in [-0.3, -0.25) is 5.32 Å². The maximum Gasteiger partial charge on any atom is 0.106 e. The van der Waals surface area contributed by atoms with Crippen LogP contribution in [0.2, 0.25) is 0 Å². The van der Waals surface area contributed by atoms with Gasteiger partial charge in [0, 0.05) is 13.5 Å². The Morgan fingerprint density at radius 2 is 2.00 bits per heavy atom. The highest BCUT2D eigenvalue weighted by Crippen LogP contribution is 2.15. The van der Waals surface area contributed by atoms with E-state index in [9.17, 15) is 5.26 Å². The lowest BCUT2D eigenvalue weighted by Gasteiger charge is -2.28. The number of nitrogens with zero attached hydrogens (tertiary/aromatic N) is 1. The SMILES string of the molecule is CCCNC(C)(C#N)CC(C)OC(C)COC. The summed E-state index contributed by atoms with van der Waals surface area (Å²) in [5.74, 6) is 0. The second kappa shape index (κ2) is 8.46. The summed E-state index contributed by atoms with van der Waals surface area (Å²) in [5.41, 5.74) is -0.512. The molecule has 0 aromatic rings. The molecular formula is C13H26N2O2. The highest BCUT2D eigenvalue weighted by Gasteiger charge is 2.26. The van der Waals surface area contributed by atoms with E-state index in [2.05, 4.69) is 18.3 Å². The molecule has 4 nitrogen and oxygen atoms in total. The third-order valence-electron chi connectivity index (χ3n) is 2.57. The van der Waals surface area contributed by atoms with Crippen molar-refractivity contribution in [1.82, 2.24) is 5.32 Å². The third-order valence-corrected chi connectivity index (χ3v) is 2.57. The monoisotopic (exact) mass is 242 g/mol. The number of nitrogens with one attached hydrogen (secondary N) is 1.